The number of aromatic carboxylic acids is 1. The number of piperazine rings is 1. The summed E-state index contributed by atoms with van der Waals surface area (Å²) < 4.78 is 22.8. The zero-order chi connectivity index (χ0) is 21.0. The number of rotatable bonds is 4. The van der Waals surface area contributed by atoms with Gasteiger partial charge in [-0.15, -0.1) is 12.4 Å². The lowest BCUT2D eigenvalue weighted by Crippen LogP contribution is -2.55. The molecule has 4 rings (SSSR count). The Labute approximate surface area is 191 Å². The van der Waals surface area contributed by atoms with Crippen molar-refractivity contribution in [3.8, 4) is 5.75 Å². The number of carboxylic acid groups (broad SMARTS) is 1. The van der Waals surface area contributed by atoms with Crippen LogP contribution in [0, 0.1) is 5.82 Å². The number of carbonyl (C=O) groups is 1. The molecule has 5 N–H and O–H groups in total. The van der Waals surface area contributed by atoms with Crippen molar-refractivity contribution in [2.24, 2.45) is 0 Å². The van der Waals surface area contributed by atoms with Crippen LogP contribution in [0.25, 0.3) is 10.9 Å². The first-order chi connectivity index (χ1) is 13.7. The Kier molecular flexibility index (Phi) is 8.66. The highest BCUT2D eigenvalue weighted by atomic mass is 35.5. The van der Waals surface area contributed by atoms with E-state index in [1.54, 1.807) is 4.57 Å². The number of likely N-dealkylation sites (N-methyl/N-ethyl adjacent to an activating group) is 1. The third-order valence-corrected chi connectivity index (χ3v) is 6.25. The molecule has 9 nitrogen and oxygen atoms in total. The molecule has 0 bridgehead atoms. The van der Waals surface area contributed by atoms with Crippen LogP contribution in [0.1, 0.15) is 43.1 Å². The fourth-order valence-corrected chi connectivity index (χ4v) is 4.31. The largest absolute Gasteiger partial charge is 0.492 e. The lowest BCUT2D eigenvalue weighted by atomic mass is 10.0. The lowest BCUT2D eigenvalue weighted by molar-refractivity contribution is 0.0694. The summed E-state index contributed by atoms with van der Waals surface area (Å²) in [5, 5.41) is 9.48. The van der Waals surface area contributed by atoms with Crippen LogP contribution in [-0.4, -0.2) is 70.8 Å². The molecule has 0 radical (unpaired) electrons. The van der Waals surface area contributed by atoms with E-state index in [0.29, 0.717) is 30.0 Å². The molecule has 0 amide bonds. The van der Waals surface area contributed by atoms with Crippen molar-refractivity contribution in [1.82, 2.24) is 9.47 Å². The lowest BCUT2D eigenvalue weighted by Gasteiger charge is -2.44. The molecule has 2 atom stereocenters. The minimum atomic E-state index is -1.31. The standard InChI is InChI=1S/C21H26FN3O4.ClH.2H2O/c1-11-8-24(9-12(2)23(11)3)18-16(22)7-14-17(20(18)29-4)25(13-5-6-13)10-15(19(14)26)21(27)28;;;/h7,10-13H,5-6,8-9H2,1-4H3,(H,27,28);1H;2*1H2. The fourth-order valence-electron chi connectivity index (χ4n) is 4.31. The normalized spacial score (nSPS) is 20.7. The van der Waals surface area contributed by atoms with Gasteiger partial charge in [0.05, 0.1) is 18.0 Å². The van der Waals surface area contributed by atoms with Gasteiger partial charge < -0.3 is 30.3 Å². The Balaban J connectivity index is 0.00000171. The molecule has 2 heterocycles. The molecule has 2 aromatic rings. The van der Waals surface area contributed by atoms with Gasteiger partial charge in [-0.1, -0.05) is 0 Å². The van der Waals surface area contributed by atoms with E-state index >= 15 is 4.39 Å². The summed E-state index contributed by atoms with van der Waals surface area (Å²) in [6, 6.07) is 1.71. The van der Waals surface area contributed by atoms with Gasteiger partial charge in [-0.2, -0.15) is 0 Å². The van der Waals surface area contributed by atoms with Crippen LogP contribution in [-0.2, 0) is 0 Å². The highest BCUT2D eigenvalue weighted by Gasteiger charge is 2.34. The number of nitrogens with zero attached hydrogens (tertiary/aromatic N) is 3. The van der Waals surface area contributed by atoms with Gasteiger partial charge >= 0.3 is 5.97 Å². The SMILES string of the molecule is COc1c(N2CC(C)N(C)C(C)C2)c(F)cc2c(=O)c(C(=O)O)cn(C3CC3)c12.Cl.O.O. The third-order valence-electron chi connectivity index (χ3n) is 6.25. The summed E-state index contributed by atoms with van der Waals surface area (Å²) in [5.74, 6) is -1.58. The van der Waals surface area contributed by atoms with Crippen LogP contribution >= 0.6 is 12.4 Å². The van der Waals surface area contributed by atoms with E-state index < -0.39 is 17.2 Å². The van der Waals surface area contributed by atoms with E-state index in [-0.39, 0.29) is 52.4 Å². The smallest absolute Gasteiger partial charge is 0.341 e. The summed E-state index contributed by atoms with van der Waals surface area (Å²) in [4.78, 5) is 28.6. The molecule has 1 aromatic carbocycles. The number of hydrogen-bond donors (Lipinski definition) is 1. The topological polar surface area (TPSA) is 138 Å². The highest BCUT2D eigenvalue weighted by molar-refractivity contribution is 5.97. The van der Waals surface area contributed by atoms with Crippen LogP contribution in [0.15, 0.2) is 17.1 Å². The van der Waals surface area contributed by atoms with Gasteiger partial charge in [0.1, 0.15) is 11.3 Å². The number of methoxy groups -OCH3 is 1. The minimum absolute atomic E-state index is 0. The number of anilines is 1. The molecule has 1 aliphatic carbocycles. The summed E-state index contributed by atoms with van der Waals surface area (Å²) in [6.45, 7) is 5.43. The minimum Gasteiger partial charge on any atom is -0.492 e. The zero-order valence-corrected chi connectivity index (χ0v) is 19.3. The van der Waals surface area contributed by atoms with Crippen molar-refractivity contribution in [2.75, 3.05) is 32.1 Å². The second-order valence-electron chi connectivity index (χ2n) is 8.22. The van der Waals surface area contributed by atoms with Crippen molar-refractivity contribution < 1.29 is 30.0 Å². The van der Waals surface area contributed by atoms with Crippen molar-refractivity contribution in [2.45, 2.75) is 44.8 Å². The molecule has 2 aliphatic rings. The molecular formula is C21H31ClFN3O6. The number of carboxylic acids is 1. The Bertz CT molecular complexity index is 1050. The van der Waals surface area contributed by atoms with Gasteiger partial charge in [0.25, 0.3) is 0 Å². The number of ether oxygens (including phenoxy) is 1. The van der Waals surface area contributed by atoms with Crippen LogP contribution in [0.3, 0.4) is 0 Å². The fraction of sp³-hybridized carbons (Fsp3) is 0.524. The first-order valence-corrected chi connectivity index (χ1v) is 9.90. The van der Waals surface area contributed by atoms with Gasteiger partial charge in [0, 0.05) is 37.4 Å². The number of hydrogen-bond acceptors (Lipinski definition) is 5. The number of halogens is 2. The van der Waals surface area contributed by atoms with Gasteiger partial charge in [0.15, 0.2) is 11.6 Å². The van der Waals surface area contributed by atoms with Crippen LogP contribution in [0.2, 0.25) is 0 Å². The average Bonchev–Trinajstić information content (AvgIpc) is 3.50. The van der Waals surface area contributed by atoms with Gasteiger partial charge in [0.2, 0.25) is 5.43 Å². The summed E-state index contributed by atoms with van der Waals surface area (Å²) in [5.41, 5.74) is -0.224. The molecule has 11 heteroatoms. The highest BCUT2D eigenvalue weighted by Crippen LogP contribution is 2.44. The molecule has 1 saturated carbocycles. The van der Waals surface area contributed by atoms with Crippen LogP contribution < -0.4 is 15.1 Å². The second kappa shape index (κ2) is 10.0. The summed E-state index contributed by atoms with van der Waals surface area (Å²) in [6.07, 6.45) is 3.15. The van der Waals surface area contributed by atoms with E-state index in [0.717, 1.165) is 12.8 Å². The molecular weight excluding hydrogens is 445 g/mol. The summed E-state index contributed by atoms with van der Waals surface area (Å²) >= 11 is 0. The van der Waals surface area contributed by atoms with Gasteiger partial charge in [-0.25, -0.2) is 9.18 Å². The van der Waals surface area contributed by atoms with Crippen molar-refractivity contribution in [3.05, 3.63) is 33.9 Å². The maximum Gasteiger partial charge on any atom is 0.341 e. The maximum absolute atomic E-state index is 15.3. The van der Waals surface area contributed by atoms with Crippen molar-refractivity contribution in [1.29, 1.82) is 0 Å². The Morgan fingerprint density at radius 3 is 2.22 bits per heavy atom. The molecule has 0 spiro atoms. The van der Waals surface area contributed by atoms with E-state index in [1.807, 2.05) is 4.90 Å². The number of fused-ring (bicyclic) bond motifs is 1. The number of benzene rings is 1. The zero-order valence-electron chi connectivity index (χ0n) is 18.5. The molecule has 1 aliphatic heterocycles. The molecule has 1 aromatic heterocycles. The van der Waals surface area contributed by atoms with Crippen molar-refractivity contribution >= 4 is 35.0 Å². The van der Waals surface area contributed by atoms with Crippen molar-refractivity contribution in [3.63, 3.8) is 0 Å². The Hall–Kier alpha value is -2.40. The van der Waals surface area contributed by atoms with E-state index in [1.165, 1.54) is 19.4 Å². The predicted octanol–water partition coefficient (Wildman–Crippen LogP) is 1.48. The molecule has 1 saturated heterocycles. The van der Waals surface area contributed by atoms with E-state index in [2.05, 4.69) is 25.8 Å². The van der Waals surface area contributed by atoms with E-state index in [9.17, 15) is 14.7 Å². The van der Waals surface area contributed by atoms with Crippen LogP contribution in [0.5, 0.6) is 5.75 Å². The molecule has 32 heavy (non-hydrogen) atoms. The Morgan fingerprint density at radius 1 is 1.19 bits per heavy atom. The van der Waals surface area contributed by atoms with Gasteiger partial charge in [-0.05, 0) is 39.8 Å². The number of pyridine rings is 1. The monoisotopic (exact) mass is 475 g/mol. The average molecular weight is 476 g/mol. The first-order valence-electron chi connectivity index (χ1n) is 9.90. The quantitative estimate of drug-likeness (QED) is 0.710. The van der Waals surface area contributed by atoms with Crippen LogP contribution in [0.4, 0.5) is 10.1 Å². The first kappa shape index (κ1) is 27.6. The predicted molar refractivity (Wildman–Crippen MR) is 123 cm³/mol. The Morgan fingerprint density at radius 2 is 1.75 bits per heavy atom. The van der Waals surface area contributed by atoms with Gasteiger partial charge in [-0.3, -0.25) is 9.69 Å². The summed E-state index contributed by atoms with van der Waals surface area (Å²) in [7, 11) is 3.52. The third kappa shape index (κ3) is 4.40. The molecule has 2 unspecified atom stereocenters. The second-order valence-corrected chi connectivity index (χ2v) is 8.22. The maximum atomic E-state index is 15.3. The molecule has 180 valence electrons. The molecule has 2 fully saturated rings. The number of aromatic nitrogens is 1. The van der Waals surface area contributed by atoms with E-state index in [4.69, 9.17) is 4.74 Å².